The molecule has 0 spiro atoms. The van der Waals surface area contributed by atoms with Crippen molar-refractivity contribution in [3.8, 4) is 0 Å². The second-order valence-electron chi connectivity index (χ2n) is 20.2. The van der Waals surface area contributed by atoms with Crippen molar-refractivity contribution in [3.05, 3.63) is 47.8 Å². The standard InChI is InChI=1S/C53H79FN16O14/c1-33-27-45(75)70(52(33)83)24-17-42(72)62-36(14-5-8-21-58-44(74)32-69-31-35(67-68-69)13-9-19-54)47(78)59-23-26-84-25-18-41(71)57-20-7-6-15-38-49(80)64-37(16-10-22-60-53(55)56)48(79)61-30-43(73)63-40(29-46(76)77)51(82)66-39(50(81)65-38)28-34-11-3-2-4-12-34/h2-4,11-12,31,33,36-40H,5-10,13-30,32H2,1H3,(H,57,71)(H,58,74)(H,59,78)(H,61,79)(H,62,72)(H,63,73)(H,64,80)(H,65,81)(H,66,82)(H,76,77)(H4,55,56,60)/t33?,36-,37-,38-,39+,40-/m0/s1/i54-1. The van der Waals surface area contributed by atoms with E-state index in [1.807, 2.05) is 0 Å². The number of aryl methyl sites for hydroxylation is 1. The average molecular weight is 1180 g/mol. The highest BCUT2D eigenvalue weighted by Crippen LogP contribution is 2.19. The topological polar surface area (TPSA) is 438 Å². The van der Waals surface area contributed by atoms with Crippen LogP contribution in [0.5, 0.6) is 0 Å². The number of carboxylic acids is 1. The molecule has 0 saturated carbocycles. The molecule has 0 bridgehead atoms. The molecule has 6 atom stereocenters. The number of likely N-dealkylation sites (tertiary alicyclic amines) is 1. The smallest absolute Gasteiger partial charge is 0.305 e. The lowest BCUT2D eigenvalue weighted by Crippen LogP contribution is -2.58. The van der Waals surface area contributed by atoms with Crippen LogP contribution in [0.15, 0.2) is 36.5 Å². The van der Waals surface area contributed by atoms with Crippen LogP contribution in [0.25, 0.3) is 0 Å². The predicted octanol–water partition coefficient (Wildman–Crippen LogP) is -3.40. The van der Waals surface area contributed by atoms with Gasteiger partial charge in [0.15, 0.2) is 5.96 Å². The molecule has 11 amide bonds. The van der Waals surface area contributed by atoms with E-state index < -0.39 is 103 Å². The summed E-state index contributed by atoms with van der Waals surface area (Å²) in [5.41, 5.74) is 6.55. The van der Waals surface area contributed by atoms with Gasteiger partial charge >= 0.3 is 5.97 Å². The van der Waals surface area contributed by atoms with E-state index >= 15 is 0 Å². The van der Waals surface area contributed by atoms with E-state index in [1.165, 1.54) is 4.68 Å². The Hall–Kier alpha value is -8.64. The van der Waals surface area contributed by atoms with Gasteiger partial charge in [-0.1, -0.05) is 42.5 Å². The van der Waals surface area contributed by atoms with Gasteiger partial charge in [-0.2, -0.15) is 0 Å². The number of carboxylic acid groups (broad SMARTS) is 1. The number of nitrogens with one attached hydrogen (secondary N) is 11. The van der Waals surface area contributed by atoms with Gasteiger partial charge in [0.1, 0.15) is 36.8 Å². The Labute approximate surface area is 484 Å². The van der Waals surface area contributed by atoms with Crippen molar-refractivity contribution in [3.63, 3.8) is 0 Å². The monoisotopic (exact) mass is 1180 g/mol. The molecule has 2 aromatic rings. The van der Waals surface area contributed by atoms with Gasteiger partial charge in [-0.3, -0.25) is 72.2 Å². The molecular weight excluding hydrogens is 1100 g/mol. The Kier molecular flexibility index (Phi) is 29.7. The fraction of sp³-hybridized carbons (Fsp3) is 0.604. The lowest BCUT2D eigenvalue weighted by Gasteiger charge is -2.26. The molecule has 2 aliphatic heterocycles. The Morgan fingerprint density at radius 3 is 2.11 bits per heavy atom. The Morgan fingerprint density at radius 2 is 1.42 bits per heavy atom. The Morgan fingerprint density at radius 1 is 0.762 bits per heavy atom. The van der Waals surface area contributed by atoms with Crippen LogP contribution < -0.4 is 58.9 Å². The molecule has 462 valence electrons. The lowest BCUT2D eigenvalue weighted by molar-refractivity contribution is -0.141. The second-order valence-corrected chi connectivity index (χ2v) is 20.2. The number of halogens is 1. The van der Waals surface area contributed by atoms with E-state index in [9.17, 15) is 67.0 Å². The number of unbranched alkanes of at least 4 members (excludes halogenated alkanes) is 2. The molecule has 0 aliphatic carbocycles. The predicted molar refractivity (Wildman–Crippen MR) is 296 cm³/mol. The van der Waals surface area contributed by atoms with Crippen LogP contribution in [0.3, 0.4) is 0 Å². The first-order chi connectivity index (χ1) is 40.2. The summed E-state index contributed by atoms with van der Waals surface area (Å²) in [6.45, 7) is 0.693. The van der Waals surface area contributed by atoms with Gasteiger partial charge in [0.25, 0.3) is 0 Å². The second kappa shape index (κ2) is 36.7. The number of hydrogen-bond acceptors (Lipinski definition) is 16. The number of nitrogens with two attached hydrogens (primary N) is 1. The number of rotatable bonds is 34. The zero-order valence-electron chi connectivity index (χ0n) is 47.1. The SMILES string of the molecule is CC1CC(=O)N(CCC(=O)N[C@@H](CCCCNC(=O)Cn2cc(CCC[18F])nn2)C(=O)NCCOCCC(=O)NCCCC[C@@H]2NC(=O)[C@@H](Cc3ccccc3)NC(=O)[C@H](CC(=O)O)NC(=O)CNC(=O)[C@H](CCCNC(=N)N)NC2=O)C1=O. The minimum Gasteiger partial charge on any atom is -0.481 e. The number of hydrogen-bond donors (Lipinski definition) is 13. The molecule has 2 fully saturated rings. The fourth-order valence-corrected chi connectivity index (χ4v) is 8.80. The maximum Gasteiger partial charge on any atom is 0.305 e. The number of alkyl halides is 1. The van der Waals surface area contributed by atoms with E-state index in [0.717, 1.165) is 4.90 Å². The Bertz CT molecular complexity index is 2590. The summed E-state index contributed by atoms with van der Waals surface area (Å²) in [7, 11) is 0. The van der Waals surface area contributed by atoms with E-state index in [4.69, 9.17) is 15.9 Å². The van der Waals surface area contributed by atoms with Gasteiger partial charge < -0.3 is 68.7 Å². The van der Waals surface area contributed by atoms with E-state index in [1.54, 1.807) is 43.5 Å². The molecule has 1 aromatic heterocycles. The number of guanidine groups is 1. The summed E-state index contributed by atoms with van der Waals surface area (Å²) >= 11 is 0. The first-order valence-electron chi connectivity index (χ1n) is 28.0. The van der Waals surface area contributed by atoms with Crippen molar-refractivity contribution >= 4 is 76.9 Å². The molecule has 4 rings (SSSR count). The number of nitrogens with zero attached hydrogens (tertiary/aromatic N) is 4. The molecule has 1 unspecified atom stereocenters. The number of carbonyl (C=O) groups excluding carboxylic acids is 11. The molecular formula is C53H79FN16O14. The molecule has 14 N–H and O–H groups in total. The van der Waals surface area contributed by atoms with Gasteiger partial charge in [-0.15, -0.1) is 5.10 Å². The third-order valence-corrected chi connectivity index (χ3v) is 13.3. The maximum atomic E-state index is 14.1. The lowest BCUT2D eigenvalue weighted by atomic mass is 10.0. The van der Waals surface area contributed by atoms with Gasteiger partial charge in [-0.05, 0) is 69.8 Å². The number of imide groups is 1. The van der Waals surface area contributed by atoms with Crippen LogP contribution >= 0.6 is 0 Å². The van der Waals surface area contributed by atoms with Crippen LogP contribution in [0.4, 0.5) is 4.39 Å². The minimum atomic E-state index is -1.65. The number of benzene rings is 1. The van der Waals surface area contributed by atoms with Crippen molar-refractivity contribution in [2.45, 2.75) is 140 Å². The van der Waals surface area contributed by atoms with Crippen molar-refractivity contribution in [2.24, 2.45) is 11.7 Å². The minimum absolute atomic E-state index is 0.00456. The van der Waals surface area contributed by atoms with Crippen LogP contribution in [0.1, 0.15) is 102 Å². The summed E-state index contributed by atoms with van der Waals surface area (Å²) in [5, 5.41) is 50.8. The highest BCUT2D eigenvalue weighted by Gasteiger charge is 2.36. The fourth-order valence-electron chi connectivity index (χ4n) is 8.80. The van der Waals surface area contributed by atoms with Crippen molar-refractivity contribution < 1.29 is 71.8 Å². The summed E-state index contributed by atoms with van der Waals surface area (Å²) in [6, 6.07) is 1.92. The number of amides is 11. The zero-order valence-corrected chi connectivity index (χ0v) is 47.1. The van der Waals surface area contributed by atoms with Gasteiger partial charge in [0.05, 0.1) is 38.5 Å². The average Bonchev–Trinajstić information content (AvgIpc) is 4.12. The highest BCUT2D eigenvalue weighted by molar-refractivity contribution is 6.03. The van der Waals surface area contributed by atoms with Crippen LogP contribution in [-0.2, 0) is 81.7 Å². The van der Waals surface area contributed by atoms with Crippen molar-refractivity contribution in [1.29, 1.82) is 5.41 Å². The quantitative estimate of drug-likeness (QED) is 0.0141. The molecule has 84 heavy (non-hydrogen) atoms. The summed E-state index contributed by atoms with van der Waals surface area (Å²) in [4.78, 5) is 157. The third-order valence-electron chi connectivity index (χ3n) is 13.3. The molecule has 31 heteroatoms. The summed E-state index contributed by atoms with van der Waals surface area (Å²) in [5.74, 6) is -9.16. The normalized spacial score (nSPS) is 19.0. The first kappa shape index (κ1) is 67.9. The third kappa shape index (κ3) is 25.7. The maximum absolute atomic E-state index is 14.1. The largest absolute Gasteiger partial charge is 0.481 e. The summed E-state index contributed by atoms with van der Waals surface area (Å²) < 4.78 is 19.4. The molecule has 3 heterocycles. The zero-order chi connectivity index (χ0) is 61.4. The van der Waals surface area contributed by atoms with Gasteiger partial charge in [-0.25, -0.2) is 4.68 Å². The van der Waals surface area contributed by atoms with Crippen LogP contribution in [0, 0.1) is 11.3 Å². The molecule has 2 saturated heterocycles. The van der Waals surface area contributed by atoms with Crippen molar-refractivity contribution in [1.82, 2.24) is 73.1 Å². The number of aromatic nitrogens is 3. The molecule has 1 aromatic carbocycles. The van der Waals surface area contributed by atoms with Crippen LogP contribution in [0.2, 0.25) is 0 Å². The van der Waals surface area contributed by atoms with E-state index in [-0.39, 0.29) is 140 Å². The molecule has 2 aliphatic rings. The first-order valence-corrected chi connectivity index (χ1v) is 28.0. The number of aliphatic carboxylic acids is 1. The van der Waals surface area contributed by atoms with E-state index in [0.29, 0.717) is 43.4 Å². The van der Waals surface area contributed by atoms with Crippen molar-refractivity contribution in [2.75, 3.05) is 59.2 Å². The van der Waals surface area contributed by atoms with Gasteiger partial charge in [0.2, 0.25) is 65.0 Å². The molecule has 0 radical (unpaired) electrons. The van der Waals surface area contributed by atoms with Crippen LogP contribution in [-0.4, -0.2) is 191 Å². The van der Waals surface area contributed by atoms with Gasteiger partial charge in [0, 0.05) is 70.5 Å². The molecule has 30 nitrogen and oxygen atoms in total. The number of carbonyl (C=O) groups is 12. The number of ether oxygens (including phenoxy) is 1. The Balaban J connectivity index is 1.28. The highest BCUT2D eigenvalue weighted by atomic mass is 18.2. The van der Waals surface area contributed by atoms with E-state index in [2.05, 4.69) is 63.5 Å². The summed E-state index contributed by atoms with van der Waals surface area (Å²) in [6.07, 6.45) is 2.81.